The Kier molecular flexibility index (Phi) is 3.44. The van der Waals surface area contributed by atoms with Crippen LogP contribution in [0.4, 0.5) is 5.69 Å². The number of β-amino-alcohol motifs (C(OH)–C–C–N with tert-alkyl or cyclic N) is 1. The molecule has 0 spiro atoms. The summed E-state index contributed by atoms with van der Waals surface area (Å²) in [6, 6.07) is 7.31. The Labute approximate surface area is 100 Å². The predicted molar refractivity (Wildman–Crippen MR) is 67.1 cm³/mol. The van der Waals surface area contributed by atoms with E-state index in [-0.39, 0.29) is 12.0 Å². The number of aliphatic hydroxyl groups excluding tert-OH is 1. The third-order valence-electron chi connectivity index (χ3n) is 2.83. The Bertz CT molecular complexity index is 426. The second kappa shape index (κ2) is 5.01. The van der Waals surface area contributed by atoms with Crippen molar-refractivity contribution in [2.45, 2.75) is 12.5 Å². The maximum Gasteiger partial charge on any atom is 0.246 e. The highest BCUT2D eigenvalue weighted by molar-refractivity contribution is 5.92. The molecule has 1 fully saturated rings. The van der Waals surface area contributed by atoms with Crippen LogP contribution in [0, 0.1) is 0 Å². The number of nitrogens with two attached hydrogens (primary N) is 1. The Morgan fingerprint density at radius 3 is 2.71 bits per heavy atom. The van der Waals surface area contributed by atoms with Crippen molar-refractivity contribution in [2.75, 3.05) is 18.8 Å². The van der Waals surface area contributed by atoms with Gasteiger partial charge in [-0.2, -0.15) is 0 Å². The number of likely N-dealkylation sites (tertiary alicyclic amines) is 1. The summed E-state index contributed by atoms with van der Waals surface area (Å²) in [5.41, 5.74) is 7.21. The zero-order valence-corrected chi connectivity index (χ0v) is 9.54. The zero-order valence-electron chi connectivity index (χ0n) is 9.54. The van der Waals surface area contributed by atoms with Crippen LogP contribution in [-0.4, -0.2) is 35.1 Å². The number of rotatable bonds is 2. The molecule has 1 aliphatic rings. The van der Waals surface area contributed by atoms with Crippen LogP contribution in [0.3, 0.4) is 0 Å². The molecule has 1 aliphatic heterocycles. The molecule has 4 nitrogen and oxygen atoms in total. The van der Waals surface area contributed by atoms with Crippen molar-refractivity contribution < 1.29 is 9.90 Å². The lowest BCUT2D eigenvalue weighted by molar-refractivity contribution is -0.125. The van der Waals surface area contributed by atoms with E-state index < -0.39 is 0 Å². The highest BCUT2D eigenvalue weighted by atomic mass is 16.3. The van der Waals surface area contributed by atoms with Crippen LogP contribution in [0.5, 0.6) is 0 Å². The molecule has 0 unspecified atom stereocenters. The van der Waals surface area contributed by atoms with E-state index in [2.05, 4.69) is 0 Å². The molecule has 0 aliphatic carbocycles. The lowest BCUT2D eigenvalue weighted by Gasteiger charge is -2.12. The fourth-order valence-corrected chi connectivity index (χ4v) is 1.82. The minimum absolute atomic E-state index is 0.0571. The smallest absolute Gasteiger partial charge is 0.246 e. The van der Waals surface area contributed by atoms with Gasteiger partial charge in [-0.3, -0.25) is 4.79 Å². The first-order valence-electron chi connectivity index (χ1n) is 5.66. The van der Waals surface area contributed by atoms with E-state index in [1.54, 1.807) is 23.1 Å². The number of hydrogen-bond donors (Lipinski definition) is 2. The molecule has 0 saturated carbocycles. The first-order chi connectivity index (χ1) is 8.15. The predicted octanol–water partition coefficient (Wildman–Crippen LogP) is 0.875. The highest BCUT2D eigenvalue weighted by Gasteiger charge is 2.22. The molecule has 1 aromatic rings. The molecule has 17 heavy (non-hydrogen) atoms. The average molecular weight is 232 g/mol. The van der Waals surface area contributed by atoms with Gasteiger partial charge in [0.25, 0.3) is 0 Å². The van der Waals surface area contributed by atoms with Gasteiger partial charge >= 0.3 is 0 Å². The summed E-state index contributed by atoms with van der Waals surface area (Å²) in [5.74, 6) is -0.0571. The van der Waals surface area contributed by atoms with Gasteiger partial charge in [0.15, 0.2) is 0 Å². The number of carbonyl (C=O) groups is 1. The Morgan fingerprint density at radius 2 is 2.12 bits per heavy atom. The van der Waals surface area contributed by atoms with Gasteiger partial charge in [0.1, 0.15) is 0 Å². The van der Waals surface area contributed by atoms with Crippen LogP contribution in [0.15, 0.2) is 30.3 Å². The summed E-state index contributed by atoms with van der Waals surface area (Å²) in [7, 11) is 0. The molecule has 1 aromatic carbocycles. The summed E-state index contributed by atoms with van der Waals surface area (Å²) in [6.45, 7) is 1.07. The largest absolute Gasteiger partial charge is 0.399 e. The number of aliphatic hydroxyl groups is 1. The van der Waals surface area contributed by atoms with Gasteiger partial charge in [-0.05, 0) is 30.2 Å². The van der Waals surface area contributed by atoms with E-state index in [4.69, 9.17) is 5.73 Å². The summed E-state index contributed by atoms with van der Waals surface area (Å²) in [6.07, 6.45) is 3.58. The molecule has 1 heterocycles. The number of carbonyl (C=O) groups excluding carboxylic acids is 1. The van der Waals surface area contributed by atoms with Crippen molar-refractivity contribution in [1.29, 1.82) is 0 Å². The number of anilines is 1. The maximum absolute atomic E-state index is 11.7. The molecule has 4 heteroatoms. The first kappa shape index (κ1) is 11.7. The van der Waals surface area contributed by atoms with Gasteiger partial charge in [0, 0.05) is 24.9 Å². The molecule has 2 rings (SSSR count). The summed E-state index contributed by atoms with van der Waals surface area (Å²) in [5, 5.41) is 9.33. The topological polar surface area (TPSA) is 66.6 Å². The molecule has 0 radical (unpaired) electrons. The molecule has 3 N–H and O–H groups in total. The Balaban J connectivity index is 1.96. The molecule has 1 amide bonds. The van der Waals surface area contributed by atoms with Crippen LogP contribution in [0.2, 0.25) is 0 Å². The van der Waals surface area contributed by atoms with Gasteiger partial charge in [-0.1, -0.05) is 12.1 Å². The number of nitrogens with zero attached hydrogens (tertiary/aromatic N) is 1. The van der Waals surface area contributed by atoms with Crippen molar-refractivity contribution in [3.05, 3.63) is 35.9 Å². The number of nitrogen functional groups attached to an aromatic ring is 1. The Hall–Kier alpha value is -1.81. The van der Waals surface area contributed by atoms with E-state index in [0.29, 0.717) is 25.2 Å². The quantitative estimate of drug-likeness (QED) is 0.587. The second-order valence-electron chi connectivity index (χ2n) is 4.23. The van der Waals surface area contributed by atoms with Crippen molar-refractivity contribution in [3.63, 3.8) is 0 Å². The minimum Gasteiger partial charge on any atom is -0.399 e. The summed E-state index contributed by atoms with van der Waals surface area (Å²) < 4.78 is 0. The van der Waals surface area contributed by atoms with E-state index in [0.717, 1.165) is 5.56 Å². The summed E-state index contributed by atoms with van der Waals surface area (Å²) in [4.78, 5) is 13.4. The third kappa shape index (κ3) is 3.07. The van der Waals surface area contributed by atoms with Gasteiger partial charge in [-0.25, -0.2) is 0 Å². The van der Waals surface area contributed by atoms with E-state index in [1.807, 2.05) is 12.1 Å². The van der Waals surface area contributed by atoms with Crippen LogP contribution in [0.1, 0.15) is 12.0 Å². The zero-order chi connectivity index (χ0) is 12.3. The highest BCUT2D eigenvalue weighted by Crippen LogP contribution is 2.11. The van der Waals surface area contributed by atoms with E-state index in [1.165, 1.54) is 6.08 Å². The number of hydrogen-bond acceptors (Lipinski definition) is 3. The SMILES string of the molecule is Nc1ccc(/C=C/C(=O)N2CC[C@H](O)C2)cc1. The lowest BCUT2D eigenvalue weighted by atomic mass is 10.2. The normalized spacial score (nSPS) is 20.1. The average Bonchev–Trinajstić information content (AvgIpc) is 2.75. The van der Waals surface area contributed by atoms with Gasteiger partial charge in [0.05, 0.1) is 6.10 Å². The van der Waals surface area contributed by atoms with Crippen LogP contribution >= 0.6 is 0 Å². The van der Waals surface area contributed by atoms with E-state index in [9.17, 15) is 9.90 Å². The molecule has 0 aromatic heterocycles. The summed E-state index contributed by atoms with van der Waals surface area (Å²) >= 11 is 0. The molecule has 90 valence electrons. The second-order valence-corrected chi connectivity index (χ2v) is 4.23. The first-order valence-corrected chi connectivity index (χ1v) is 5.66. The molecule has 1 saturated heterocycles. The third-order valence-corrected chi connectivity index (χ3v) is 2.83. The van der Waals surface area contributed by atoms with Crippen molar-refractivity contribution >= 4 is 17.7 Å². The van der Waals surface area contributed by atoms with Gasteiger partial charge in [-0.15, -0.1) is 0 Å². The van der Waals surface area contributed by atoms with Crippen molar-refractivity contribution in [1.82, 2.24) is 4.90 Å². The van der Waals surface area contributed by atoms with Crippen LogP contribution in [0.25, 0.3) is 6.08 Å². The molecule has 0 bridgehead atoms. The fourth-order valence-electron chi connectivity index (χ4n) is 1.82. The van der Waals surface area contributed by atoms with Crippen LogP contribution < -0.4 is 5.73 Å². The monoisotopic (exact) mass is 232 g/mol. The van der Waals surface area contributed by atoms with E-state index >= 15 is 0 Å². The lowest BCUT2D eigenvalue weighted by Crippen LogP contribution is -2.27. The van der Waals surface area contributed by atoms with Crippen LogP contribution in [-0.2, 0) is 4.79 Å². The van der Waals surface area contributed by atoms with Gasteiger partial charge < -0.3 is 15.7 Å². The van der Waals surface area contributed by atoms with Crippen molar-refractivity contribution in [3.8, 4) is 0 Å². The standard InChI is InChI=1S/C13H16N2O2/c14-11-4-1-10(2-5-11)3-6-13(17)15-8-7-12(16)9-15/h1-6,12,16H,7-9,14H2/b6-3+/t12-/m0/s1. The van der Waals surface area contributed by atoms with Gasteiger partial charge in [0.2, 0.25) is 5.91 Å². The molecule has 1 atom stereocenters. The number of amides is 1. The van der Waals surface area contributed by atoms with Crippen molar-refractivity contribution in [2.24, 2.45) is 0 Å². The number of benzene rings is 1. The maximum atomic E-state index is 11.7. The Morgan fingerprint density at radius 1 is 1.41 bits per heavy atom. The molecular weight excluding hydrogens is 216 g/mol. The fraction of sp³-hybridized carbons (Fsp3) is 0.308. The minimum atomic E-state index is -0.371. The molecular formula is C13H16N2O2.